The molecule has 0 saturated carbocycles. The number of nitrogens with one attached hydrogen (secondary N) is 1. The number of hydrogen-bond acceptors (Lipinski definition) is 3. The smallest absolute Gasteiger partial charge is 0.0466 e. The van der Waals surface area contributed by atoms with Crippen molar-refractivity contribution >= 4 is 0 Å². The fourth-order valence-corrected chi connectivity index (χ4v) is 2.92. The van der Waals surface area contributed by atoms with Crippen molar-refractivity contribution in [3.05, 3.63) is 35.4 Å². The van der Waals surface area contributed by atoms with Gasteiger partial charge in [-0.15, -0.1) is 0 Å². The van der Waals surface area contributed by atoms with E-state index in [1.165, 1.54) is 31.4 Å². The normalized spacial score (nSPS) is 15.7. The standard InChI is InChI=1S/C18H30N2O/c1-2-21-15-6-5-11-19-12-14-20-13-7-10-17-8-3-4-9-18(17)16-20/h3-4,8-9,19H,2,5-7,10-16H2,1H3. The van der Waals surface area contributed by atoms with Crippen LogP contribution >= 0.6 is 0 Å². The van der Waals surface area contributed by atoms with Crippen molar-refractivity contribution in [1.82, 2.24) is 10.2 Å². The second-order valence-electron chi connectivity index (χ2n) is 5.80. The zero-order valence-electron chi connectivity index (χ0n) is 13.4. The Labute approximate surface area is 129 Å². The van der Waals surface area contributed by atoms with Gasteiger partial charge in [0.15, 0.2) is 0 Å². The van der Waals surface area contributed by atoms with E-state index in [-0.39, 0.29) is 0 Å². The highest BCUT2D eigenvalue weighted by molar-refractivity contribution is 5.27. The molecule has 1 heterocycles. The van der Waals surface area contributed by atoms with E-state index in [9.17, 15) is 0 Å². The zero-order chi connectivity index (χ0) is 14.8. The molecule has 0 aliphatic carbocycles. The summed E-state index contributed by atoms with van der Waals surface area (Å²) in [6.45, 7) is 9.49. The number of fused-ring (bicyclic) bond motifs is 1. The van der Waals surface area contributed by atoms with Crippen molar-refractivity contribution in [3.8, 4) is 0 Å². The molecule has 1 N–H and O–H groups in total. The van der Waals surface area contributed by atoms with E-state index in [0.717, 1.165) is 45.8 Å². The van der Waals surface area contributed by atoms with E-state index in [0.29, 0.717) is 0 Å². The summed E-state index contributed by atoms with van der Waals surface area (Å²) < 4.78 is 5.35. The summed E-state index contributed by atoms with van der Waals surface area (Å²) in [7, 11) is 0. The topological polar surface area (TPSA) is 24.5 Å². The molecule has 3 nitrogen and oxygen atoms in total. The minimum absolute atomic E-state index is 0.837. The summed E-state index contributed by atoms with van der Waals surface area (Å²) in [5.41, 5.74) is 3.07. The third-order valence-electron chi connectivity index (χ3n) is 4.13. The van der Waals surface area contributed by atoms with Crippen LogP contribution in [-0.4, -0.2) is 44.3 Å². The van der Waals surface area contributed by atoms with E-state index in [2.05, 4.69) is 41.4 Å². The Morgan fingerprint density at radius 1 is 1.14 bits per heavy atom. The number of rotatable bonds is 9. The minimum atomic E-state index is 0.837. The Morgan fingerprint density at radius 3 is 2.86 bits per heavy atom. The summed E-state index contributed by atoms with van der Waals surface area (Å²) in [5.74, 6) is 0. The van der Waals surface area contributed by atoms with Gasteiger partial charge in [0.2, 0.25) is 0 Å². The molecule has 21 heavy (non-hydrogen) atoms. The van der Waals surface area contributed by atoms with Crippen LogP contribution in [0.2, 0.25) is 0 Å². The van der Waals surface area contributed by atoms with E-state index >= 15 is 0 Å². The molecule has 0 bridgehead atoms. The fraction of sp³-hybridized carbons (Fsp3) is 0.667. The van der Waals surface area contributed by atoms with Gasteiger partial charge in [0.05, 0.1) is 0 Å². The van der Waals surface area contributed by atoms with Crippen LogP contribution < -0.4 is 5.32 Å². The summed E-state index contributed by atoms with van der Waals surface area (Å²) in [6.07, 6.45) is 4.89. The van der Waals surface area contributed by atoms with Crippen LogP contribution in [0.3, 0.4) is 0 Å². The average Bonchev–Trinajstić information content (AvgIpc) is 2.71. The Kier molecular flexibility index (Phi) is 7.79. The third-order valence-corrected chi connectivity index (χ3v) is 4.13. The first-order chi connectivity index (χ1) is 10.4. The summed E-state index contributed by atoms with van der Waals surface area (Å²) in [5, 5.41) is 3.56. The minimum Gasteiger partial charge on any atom is -0.382 e. The van der Waals surface area contributed by atoms with E-state index < -0.39 is 0 Å². The molecular weight excluding hydrogens is 260 g/mol. The lowest BCUT2D eigenvalue weighted by Crippen LogP contribution is -2.32. The number of unbranched alkanes of at least 4 members (excludes halogenated alkanes) is 1. The van der Waals surface area contributed by atoms with Gasteiger partial charge in [-0.25, -0.2) is 0 Å². The average molecular weight is 290 g/mol. The van der Waals surface area contributed by atoms with E-state index in [1.54, 1.807) is 5.56 Å². The molecule has 2 rings (SSSR count). The van der Waals surface area contributed by atoms with Gasteiger partial charge >= 0.3 is 0 Å². The first-order valence-corrected chi connectivity index (χ1v) is 8.47. The van der Waals surface area contributed by atoms with Crippen LogP contribution in [0.5, 0.6) is 0 Å². The lowest BCUT2D eigenvalue weighted by atomic mass is 10.0. The first kappa shape index (κ1) is 16.5. The molecule has 0 amide bonds. The van der Waals surface area contributed by atoms with Crippen molar-refractivity contribution in [2.45, 2.75) is 39.2 Å². The van der Waals surface area contributed by atoms with Gasteiger partial charge in [-0.3, -0.25) is 4.90 Å². The SMILES string of the molecule is CCOCCCCNCCN1CCCc2ccccc2C1. The Morgan fingerprint density at radius 2 is 2.00 bits per heavy atom. The highest BCUT2D eigenvalue weighted by Gasteiger charge is 2.12. The van der Waals surface area contributed by atoms with Gasteiger partial charge in [-0.1, -0.05) is 24.3 Å². The molecule has 0 atom stereocenters. The third kappa shape index (κ3) is 6.16. The summed E-state index contributed by atoms with van der Waals surface area (Å²) in [4.78, 5) is 2.58. The predicted molar refractivity (Wildman–Crippen MR) is 88.6 cm³/mol. The van der Waals surface area contributed by atoms with Crippen LogP contribution in [-0.2, 0) is 17.7 Å². The maximum atomic E-state index is 5.35. The van der Waals surface area contributed by atoms with Crippen LogP contribution in [0.25, 0.3) is 0 Å². The molecule has 1 aliphatic rings. The Bertz CT molecular complexity index is 395. The predicted octanol–water partition coefficient (Wildman–Crippen LogP) is 2.84. The van der Waals surface area contributed by atoms with E-state index in [1.807, 2.05) is 0 Å². The monoisotopic (exact) mass is 290 g/mol. The van der Waals surface area contributed by atoms with Crippen LogP contribution in [0.15, 0.2) is 24.3 Å². The Balaban J connectivity index is 1.59. The zero-order valence-corrected chi connectivity index (χ0v) is 13.4. The van der Waals surface area contributed by atoms with Crippen molar-refractivity contribution in [1.29, 1.82) is 0 Å². The largest absolute Gasteiger partial charge is 0.382 e. The lowest BCUT2D eigenvalue weighted by molar-refractivity contribution is 0.143. The first-order valence-electron chi connectivity index (χ1n) is 8.47. The van der Waals surface area contributed by atoms with Crippen LogP contribution in [0, 0.1) is 0 Å². The fourth-order valence-electron chi connectivity index (χ4n) is 2.92. The van der Waals surface area contributed by atoms with Gasteiger partial charge in [0, 0.05) is 32.8 Å². The van der Waals surface area contributed by atoms with Crippen molar-refractivity contribution in [2.24, 2.45) is 0 Å². The highest BCUT2D eigenvalue weighted by atomic mass is 16.5. The van der Waals surface area contributed by atoms with Crippen molar-refractivity contribution < 1.29 is 4.74 Å². The van der Waals surface area contributed by atoms with Crippen molar-refractivity contribution in [3.63, 3.8) is 0 Å². The van der Waals surface area contributed by atoms with Crippen LogP contribution in [0.1, 0.15) is 37.3 Å². The quantitative estimate of drug-likeness (QED) is 0.708. The number of aryl methyl sites for hydroxylation is 1. The van der Waals surface area contributed by atoms with Crippen molar-refractivity contribution in [2.75, 3.05) is 39.4 Å². The summed E-state index contributed by atoms with van der Waals surface area (Å²) >= 11 is 0. The van der Waals surface area contributed by atoms with Gasteiger partial charge in [-0.2, -0.15) is 0 Å². The molecule has 118 valence electrons. The molecule has 1 aromatic carbocycles. The maximum absolute atomic E-state index is 5.35. The second-order valence-corrected chi connectivity index (χ2v) is 5.80. The lowest BCUT2D eigenvalue weighted by Gasteiger charge is -2.20. The molecule has 1 aromatic rings. The summed E-state index contributed by atoms with van der Waals surface area (Å²) in [6, 6.07) is 8.90. The number of hydrogen-bond donors (Lipinski definition) is 1. The number of ether oxygens (including phenoxy) is 1. The highest BCUT2D eigenvalue weighted by Crippen LogP contribution is 2.17. The van der Waals surface area contributed by atoms with Gasteiger partial charge in [0.1, 0.15) is 0 Å². The molecule has 0 aromatic heterocycles. The molecule has 0 radical (unpaired) electrons. The molecule has 3 heteroatoms. The van der Waals surface area contributed by atoms with Gasteiger partial charge < -0.3 is 10.1 Å². The van der Waals surface area contributed by atoms with Gasteiger partial charge in [-0.05, 0) is 56.8 Å². The molecule has 0 unspecified atom stereocenters. The molecule has 0 spiro atoms. The Hall–Kier alpha value is -0.900. The molecular formula is C18H30N2O. The van der Waals surface area contributed by atoms with Crippen LogP contribution in [0.4, 0.5) is 0 Å². The molecule has 1 aliphatic heterocycles. The maximum Gasteiger partial charge on any atom is 0.0466 e. The number of nitrogens with zero attached hydrogens (tertiary/aromatic N) is 1. The number of benzene rings is 1. The molecule has 0 fully saturated rings. The molecule has 0 saturated heterocycles. The second kappa shape index (κ2) is 9.93. The van der Waals surface area contributed by atoms with Gasteiger partial charge in [0.25, 0.3) is 0 Å². The van der Waals surface area contributed by atoms with E-state index in [4.69, 9.17) is 4.74 Å².